The molecular weight excluding hydrogens is 221 g/mol. The van der Waals surface area contributed by atoms with E-state index in [2.05, 4.69) is 4.74 Å². The van der Waals surface area contributed by atoms with Crippen LogP contribution in [0.4, 0.5) is 13.2 Å². The molecule has 0 spiro atoms. The third-order valence-electron chi connectivity index (χ3n) is 1.95. The van der Waals surface area contributed by atoms with E-state index in [1.807, 2.05) is 13.8 Å². The molecule has 0 aromatic heterocycles. The first kappa shape index (κ1) is 12.7. The van der Waals surface area contributed by atoms with E-state index < -0.39 is 6.36 Å². The Bertz CT molecular complexity index is 336. The van der Waals surface area contributed by atoms with E-state index >= 15 is 0 Å². The fourth-order valence-corrected chi connectivity index (χ4v) is 1.06. The van der Waals surface area contributed by atoms with Crippen molar-refractivity contribution >= 4 is 0 Å². The average molecular weight is 234 g/mol. The molecule has 0 heterocycles. The third kappa shape index (κ3) is 4.42. The zero-order valence-electron chi connectivity index (χ0n) is 9.04. The van der Waals surface area contributed by atoms with Crippen LogP contribution in [0.1, 0.15) is 20.3 Å². The smallest absolute Gasteiger partial charge is 0.491 e. The van der Waals surface area contributed by atoms with Crippen molar-refractivity contribution < 1.29 is 22.6 Å². The first-order valence-electron chi connectivity index (χ1n) is 4.93. The molecule has 1 aromatic rings. The zero-order valence-corrected chi connectivity index (χ0v) is 9.04. The molecule has 2 nitrogen and oxygen atoms in total. The highest BCUT2D eigenvalue weighted by Crippen LogP contribution is 2.26. The highest BCUT2D eigenvalue weighted by Gasteiger charge is 2.31. The molecule has 0 N–H and O–H groups in total. The standard InChI is InChI=1S/C11H13F3O2/c1-3-8(2)15-9-5-4-6-10(7-9)16-11(12,13)14/h4-8H,3H2,1-2H3. The maximum Gasteiger partial charge on any atom is 0.573 e. The van der Waals surface area contributed by atoms with E-state index in [1.54, 1.807) is 6.07 Å². The van der Waals surface area contributed by atoms with Crippen molar-refractivity contribution in [2.45, 2.75) is 32.7 Å². The Labute approximate surface area is 92.0 Å². The lowest BCUT2D eigenvalue weighted by atomic mass is 10.3. The van der Waals surface area contributed by atoms with Crippen LogP contribution in [0, 0.1) is 0 Å². The van der Waals surface area contributed by atoms with E-state index in [0.717, 1.165) is 6.42 Å². The van der Waals surface area contributed by atoms with Gasteiger partial charge in [0.25, 0.3) is 0 Å². The second-order valence-corrected chi connectivity index (χ2v) is 3.36. The largest absolute Gasteiger partial charge is 0.573 e. The lowest BCUT2D eigenvalue weighted by molar-refractivity contribution is -0.274. The number of alkyl halides is 3. The number of ether oxygens (including phenoxy) is 2. The minimum absolute atomic E-state index is 0.0406. The minimum atomic E-state index is -4.67. The maximum atomic E-state index is 11.9. The van der Waals surface area contributed by atoms with Crippen LogP contribution in [-0.2, 0) is 0 Å². The summed E-state index contributed by atoms with van der Waals surface area (Å²) >= 11 is 0. The van der Waals surface area contributed by atoms with Gasteiger partial charge in [0.05, 0.1) is 6.10 Å². The summed E-state index contributed by atoms with van der Waals surface area (Å²) in [5.41, 5.74) is 0. The summed E-state index contributed by atoms with van der Waals surface area (Å²) < 4.78 is 45.0. The number of rotatable bonds is 4. The number of hydrogen-bond donors (Lipinski definition) is 0. The Balaban J connectivity index is 2.71. The highest BCUT2D eigenvalue weighted by atomic mass is 19.4. The van der Waals surface area contributed by atoms with Crippen LogP contribution in [0.2, 0.25) is 0 Å². The van der Waals surface area contributed by atoms with Crippen LogP contribution in [0.5, 0.6) is 11.5 Å². The second-order valence-electron chi connectivity index (χ2n) is 3.36. The van der Waals surface area contributed by atoms with E-state index in [0.29, 0.717) is 5.75 Å². The van der Waals surface area contributed by atoms with E-state index in [4.69, 9.17) is 4.74 Å². The van der Waals surface area contributed by atoms with Crippen molar-refractivity contribution in [2.75, 3.05) is 0 Å². The van der Waals surface area contributed by atoms with Gasteiger partial charge in [-0.1, -0.05) is 13.0 Å². The summed E-state index contributed by atoms with van der Waals surface area (Å²) in [5.74, 6) is 0.101. The molecule has 0 aliphatic heterocycles. The number of benzene rings is 1. The van der Waals surface area contributed by atoms with E-state index in [-0.39, 0.29) is 11.9 Å². The highest BCUT2D eigenvalue weighted by molar-refractivity contribution is 5.33. The zero-order chi connectivity index (χ0) is 12.2. The predicted octanol–water partition coefficient (Wildman–Crippen LogP) is 3.76. The van der Waals surface area contributed by atoms with Gasteiger partial charge < -0.3 is 9.47 Å². The fourth-order valence-electron chi connectivity index (χ4n) is 1.06. The Morgan fingerprint density at radius 2 is 1.88 bits per heavy atom. The van der Waals surface area contributed by atoms with Crippen LogP contribution in [0.25, 0.3) is 0 Å². The van der Waals surface area contributed by atoms with Gasteiger partial charge in [0.2, 0.25) is 0 Å². The third-order valence-corrected chi connectivity index (χ3v) is 1.95. The van der Waals surface area contributed by atoms with Gasteiger partial charge in [0.1, 0.15) is 11.5 Å². The predicted molar refractivity (Wildman–Crippen MR) is 53.5 cm³/mol. The molecule has 16 heavy (non-hydrogen) atoms. The van der Waals surface area contributed by atoms with Crippen LogP contribution >= 0.6 is 0 Å². The molecule has 1 atom stereocenters. The van der Waals surface area contributed by atoms with Crippen LogP contribution in [-0.4, -0.2) is 12.5 Å². The van der Waals surface area contributed by atoms with Gasteiger partial charge in [-0.2, -0.15) is 0 Å². The molecule has 1 rings (SSSR count). The molecule has 0 bridgehead atoms. The monoisotopic (exact) mass is 234 g/mol. The molecule has 90 valence electrons. The van der Waals surface area contributed by atoms with Gasteiger partial charge in [-0.15, -0.1) is 13.2 Å². The van der Waals surface area contributed by atoms with Crippen molar-refractivity contribution in [3.8, 4) is 11.5 Å². The Morgan fingerprint density at radius 1 is 1.25 bits per heavy atom. The second kappa shape index (κ2) is 5.09. The van der Waals surface area contributed by atoms with Gasteiger partial charge in [-0.3, -0.25) is 0 Å². The molecule has 0 saturated heterocycles. The molecule has 0 saturated carbocycles. The SMILES string of the molecule is CCC(C)Oc1cccc(OC(F)(F)F)c1. The van der Waals surface area contributed by atoms with E-state index in [1.165, 1.54) is 18.2 Å². The van der Waals surface area contributed by atoms with Crippen molar-refractivity contribution in [2.24, 2.45) is 0 Å². The van der Waals surface area contributed by atoms with Gasteiger partial charge in [0.15, 0.2) is 0 Å². The van der Waals surface area contributed by atoms with Gasteiger partial charge in [-0.25, -0.2) is 0 Å². The summed E-state index contributed by atoms with van der Waals surface area (Å²) in [6, 6.07) is 5.50. The van der Waals surface area contributed by atoms with Crippen molar-refractivity contribution in [3.63, 3.8) is 0 Å². The van der Waals surface area contributed by atoms with Crippen LogP contribution < -0.4 is 9.47 Å². The van der Waals surface area contributed by atoms with Crippen molar-refractivity contribution in [1.29, 1.82) is 0 Å². The normalized spacial score (nSPS) is 13.3. The summed E-state index contributed by atoms with van der Waals surface area (Å²) in [5, 5.41) is 0. The minimum Gasteiger partial charge on any atom is -0.491 e. The maximum absolute atomic E-state index is 11.9. The molecule has 1 unspecified atom stereocenters. The van der Waals surface area contributed by atoms with E-state index in [9.17, 15) is 13.2 Å². The summed E-state index contributed by atoms with van der Waals surface area (Å²) in [7, 11) is 0. The fraction of sp³-hybridized carbons (Fsp3) is 0.455. The molecule has 0 radical (unpaired) electrons. The first-order chi connectivity index (χ1) is 7.40. The summed E-state index contributed by atoms with van der Waals surface area (Å²) in [6.45, 7) is 3.78. The van der Waals surface area contributed by atoms with Crippen LogP contribution in [0.15, 0.2) is 24.3 Å². The molecule has 1 aromatic carbocycles. The lowest BCUT2D eigenvalue weighted by Crippen LogP contribution is -2.17. The van der Waals surface area contributed by atoms with Gasteiger partial charge in [0, 0.05) is 6.07 Å². The Hall–Kier alpha value is -1.39. The average Bonchev–Trinajstić information content (AvgIpc) is 2.15. The first-order valence-corrected chi connectivity index (χ1v) is 4.93. The van der Waals surface area contributed by atoms with Crippen LogP contribution in [0.3, 0.4) is 0 Å². The molecule has 5 heteroatoms. The molecule has 0 aliphatic carbocycles. The van der Waals surface area contributed by atoms with Gasteiger partial charge in [-0.05, 0) is 25.5 Å². The summed E-state index contributed by atoms with van der Waals surface area (Å²) in [6.07, 6.45) is -3.93. The Morgan fingerprint density at radius 3 is 2.44 bits per heavy atom. The summed E-state index contributed by atoms with van der Waals surface area (Å²) in [4.78, 5) is 0. The molecule has 0 amide bonds. The topological polar surface area (TPSA) is 18.5 Å². The molecule has 0 fully saturated rings. The van der Waals surface area contributed by atoms with Crippen molar-refractivity contribution in [3.05, 3.63) is 24.3 Å². The van der Waals surface area contributed by atoms with Gasteiger partial charge >= 0.3 is 6.36 Å². The quantitative estimate of drug-likeness (QED) is 0.789. The number of halogens is 3. The lowest BCUT2D eigenvalue weighted by Gasteiger charge is -2.14. The number of hydrogen-bond acceptors (Lipinski definition) is 2. The molecular formula is C11H13F3O2. The molecule has 0 aliphatic rings. The van der Waals surface area contributed by atoms with Crippen molar-refractivity contribution in [1.82, 2.24) is 0 Å². The Kier molecular flexibility index (Phi) is 4.04.